The molecule has 5 nitrogen and oxygen atoms in total. The minimum Gasteiger partial charge on any atom is -0.494 e. The molecule has 0 radical (unpaired) electrons. The number of benzene rings is 1. The standard InChI is InChI=1S/C15H19N3O2S/c1-3-20-13-6-4-11(5-7-13)9-18(2)14(19)8-12-10-21-15(16)17-12/h4-7,10H,3,8-9H2,1-2H3,(H2,16,17). The van der Waals surface area contributed by atoms with E-state index in [0.717, 1.165) is 17.0 Å². The third-order valence-corrected chi connectivity index (χ3v) is 3.70. The van der Waals surface area contributed by atoms with Gasteiger partial charge in [0, 0.05) is 19.0 Å². The number of nitrogens with two attached hydrogens (primary N) is 1. The fourth-order valence-electron chi connectivity index (χ4n) is 1.91. The van der Waals surface area contributed by atoms with Crippen molar-refractivity contribution in [2.24, 2.45) is 0 Å². The van der Waals surface area contributed by atoms with Crippen LogP contribution in [0.3, 0.4) is 0 Å². The molecule has 1 heterocycles. The predicted octanol–water partition coefficient (Wildman–Crippen LogP) is 2.33. The van der Waals surface area contributed by atoms with E-state index in [0.29, 0.717) is 18.3 Å². The van der Waals surface area contributed by atoms with Gasteiger partial charge in [-0.2, -0.15) is 0 Å². The monoisotopic (exact) mass is 305 g/mol. The number of amides is 1. The number of thiazole rings is 1. The first-order valence-electron chi connectivity index (χ1n) is 6.74. The van der Waals surface area contributed by atoms with Crippen LogP contribution >= 0.6 is 11.3 Å². The lowest BCUT2D eigenvalue weighted by atomic mass is 10.2. The molecule has 0 spiro atoms. The predicted molar refractivity (Wildman–Crippen MR) is 84.3 cm³/mol. The molecule has 0 aliphatic carbocycles. The van der Waals surface area contributed by atoms with E-state index in [-0.39, 0.29) is 12.3 Å². The van der Waals surface area contributed by atoms with Crippen LogP contribution in [0.5, 0.6) is 5.75 Å². The molecule has 0 aliphatic heterocycles. The highest BCUT2D eigenvalue weighted by Gasteiger charge is 2.12. The van der Waals surface area contributed by atoms with Crippen LogP contribution < -0.4 is 10.5 Å². The number of nitrogens with zero attached hydrogens (tertiary/aromatic N) is 2. The van der Waals surface area contributed by atoms with Gasteiger partial charge < -0.3 is 15.4 Å². The van der Waals surface area contributed by atoms with E-state index in [9.17, 15) is 4.79 Å². The van der Waals surface area contributed by atoms with Crippen molar-refractivity contribution in [1.82, 2.24) is 9.88 Å². The van der Waals surface area contributed by atoms with Crippen molar-refractivity contribution in [3.05, 3.63) is 40.9 Å². The highest BCUT2D eigenvalue weighted by Crippen LogP contribution is 2.15. The van der Waals surface area contributed by atoms with Crippen LogP contribution in [0.15, 0.2) is 29.6 Å². The zero-order valence-electron chi connectivity index (χ0n) is 12.2. The van der Waals surface area contributed by atoms with Gasteiger partial charge in [-0.3, -0.25) is 4.79 Å². The molecule has 0 saturated heterocycles. The fraction of sp³-hybridized carbons (Fsp3) is 0.333. The van der Waals surface area contributed by atoms with Gasteiger partial charge in [0.25, 0.3) is 0 Å². The number of aromatic nitrogens is 1. The first-order chi connectivity index (χ1) is 10.1. The lowest BCUT2D eigenvalue weighted by Crippen LogP contribution is -2.27. The summed E-state index contributed by atoms with van der Waals surface area (Å²) in [7, 11) is 1.79. The van der Waals surface area contributed by atoms with Crippen LogP contribution in [0.25, 0.3) is 0 Å². The third kappa shape index (κ3) is 4.46. The topological polar surface area (TPSA) is 68.5 Å². The molecular weight excluding hydrogens is 286 g/mol. The number of rotatable bonds is 6. The number of anilines is 1. The Morgan fingerprint density at radius 3 is 2.67 bits per heavy atom. The third-order valence-electron chi connectivity index (χ3n) is 2.98. The molecule has 0 saturated carbocycles. The smallest absolute Gasteiger partial charge is 0.228 e. The molecule has 0 unspecified atom stereocenters. The van der Waals surface area contributed by atoms with Crippen LogP contribution in [0.1, 0.15) is 18.2 Å². The van der Waals surface area contributed by atoms with Crippen molar-refractivity contribution in [3.8, 4) is 5.75 Å². The molecule has 0 atom stereocenters. The highest BCUT2D eigenvalue weighted by atomic mass is 32.1. The number of ether oxygens (including phenoxy) is 1. The van der Waals surface area contributed by atoms with Crippen molar-refractivity contribution in [3.63, 3.8) is 0 Å². The van der Waals surface area contributed by atoms with Gasteiger partial charge in [-0.25, -0.2) is 4.98 Å². The largest absolute Gasteiger partial charge is 0.494 e. The molecule has 2 N–H and O–H groups in total. The average molecular weight is 305 g/mol. The zero-order chi connectivity index (χ0) is 15.2. The highest BCUT2D eigenvalue weighted by molar-refractivity contribution is 7.13. The van der Waals surface area contributed by atoms with E-state index in [2.05, 4.69) is 4.98 Å². The number of hydrogen-bond acceptors (Lipinski definition) is 5. The van der Waals surface area contributed by atoms with Crippen molar-refractivity contribution in [2.45, 2.75) is 19.9 Å². The van der Waals surface area contributed by atoms with Gasteiger partial charge in [0.2, 0.25) is 5.91 Å². The Balaban J connectivity index is 1.90. The summed E-state index contributed by atoms with van der Waals surface area (Å²) < 4.78 is 5.40. The van der Waals surface area contributed by atoms with Crippen molar-refractivity contribution in [1.29, 1.82) is 0 Å². The van der Waals surface area contributed by atoms with E-state index in [4.69, 9.17) is 10.5 Å². The van der Waals surface area contributed by atoms with Gasteiger partial charge >= 0.3 is 0 Å². The average Bonchev–Trinajstić information content (AvgIpc) is 2.86. The molecule has 1 amide bonds. The zero-order valence-corrected chi connectivity index (χ0v) is 13.0. The summed E-state index contributed by atoms with van der Waals surface area (Å²) in [5.74, 6) is 0.863. The minimum atomic E-state index is 0.0224. The molecule has 0 fully saturated rings. The van der Waals surface area contributed by atoms with Crippen LogP contribution in [-0.2, 0) is 17.8 Å². The molecule has 1 aromatic heterocycles. The minimum absolute atomic E-state index is 0.0224. The number of hydrogen-bond donors (Lipinski definition) is 1. The normalized spacial score (nSPS) is 10.4. The van der Waals surface area contributed by atoms with Gasteiger partial charge in [-0.1, -0.05) is 12.1 Å². The van der Waals surface area contributed by atoms with E-state index in [1.165, 1.54) is 11.3 Å². The Bertz CT molecular complexity index is 595. The van der Waals surface area contributed by atoms with Crippen molar-refractivity contribution >= 4 is 22.4 Å². The quantitative estimate of drug-likeness (QED) is 0.889. The summed E-state index contributed by atoms with van der Waals surface area (Å²) in [6, 6.07) is 7.77. The van der Waals surface area contributed by atoms with Crippen LogP contribution in [0.2, 0.25) is 0 Å². The summed E-state index contributed by atoms with van der Waals surface area (Å²) in [6.45, 7) is 3.16. The van der Waals surface area contributed by atoms with Gasteiger partial charge in [-0.05, 0) is 24.6 Å². The molecule has 2 rings (SSSR count). The molecule has 0 bridgehead atoms. The molecule has 1 aromatic carbocycles. The molecule has 112 valence electrons. The van der Waals surface area contributed by atoms with E-state index in [1.54, 1.807) is 11.9 Å². The Morgan fingerprint density at radius 1 is 1.38 bits per heavy atom. The summed E-state index contributed by atoms with van der Waals surface area (Å²) in [4.78, 5) is 17.9. The molecule has 0 aliphatic rings. The van der Waals surface area contributed by atoms with E-state index >= 15 is 0 Å². The van der Waals surface area contributed by atoms with E-state index in [1.807, 2.05) is 36.6 Å². The number of likely N-dealkylation sites (N-methyl/N-ethyl adjacent to an activating group) is 1. The number of carbonyl (C=O) groups is 1. The summed E-state index contributed by atoms with van der Waals surface area (Å²) in [5, 5.41) is 2.31. The fourth-order valence-corrected chi connectivity index (χ4v) is 2.48. The Hall–Kier alpha value is -2.08. The summed E-state index contributed by atoms with van der Waals surface area (Å²) in [6.07, 6.45) is 0.279. The van der Waals surface area contributed by atoms with Crippen LogP contribution in [0, 0.1) is 0 Å². The van der Waals surface area contributed by atoms with Crippen molar-refractivity contribution in [2.75, 3.05) is 19.4 Å². The van der Waals surface area contributed by atoms with Crippen molar-refractivity contribution < 1.29 is 9.53 Å². The summed E-state index contributed by atoms with van der Waals surface area (Å²) >= 11 is 1.35. The van der Waals surface area contributed by atoms with Gasteiger partial charge in [-0.15, -0.1) is 11.3 Å². The first-order valence-corrected chi connectivity index (χ1v) is 7.62. The van der Waals surface area contributed by atoms with Crippen LogP contribution in [-0.4, -0.2) is 29.4 Å². The van der Waals surface area contributed by atoms with Gasteiger partial charge in [0.1, 0.15) is 5.75 Å². The first kappa shape index (κ1) is 15.3. The molecular formula is C15H19N3O2S. The Morgan fingerprint density at radius 2 is 2.10 bits per heavy atom. The Kier molecular flexibility index (Phi) is 5.16. The maximum absolute atomic E-state index is 12.1. The second kappa shape index (κ2) is 7.08. The Labute approximate surface area is 128 Å². The molecule has 6 heteroatoms. The lowest BCUT2D eigenvalue weighted by molar-refractivity contribution is -0.129. The molecule has 21 heavy (non-hydrogen) atoms. The maximum atomic E-state index is 12.1. The van der Waals surface area contributed by atoms with Gasteiger partial charge in [0.05, 0.1) is 18.7 Å². The van der Waals surface area contributed by atoms with E-state index < -0.39 is 0 Å². The van der Waals surface area contributed by atoms with Gasteiger partial charge in [0.15, 0.2) is 5.13 Å². The maximum Gasteiger partial charge on any atom is 0.228 e. The second-order valence-electron chi connectivity index (χ2n) is 4.68. The SMILES string of the molecule is CCOc1ccc(CN(C)C(=O)Cc2csc(N)n2)cc1. The molecule has 2 aromatic rings. The lowest BCUT2D eigenvalue weighted by Gasteiger charge is -2.17. The van der Waals surface area contributed by atoms with Crippen LogP contribution in [0.4, 0.5) is 5.13 Å². The second-order valence-corrected chi connectivity index (χ2v) is 5.57. The number of nitrogen functional groups attached to an aromatic ring is 1. The summed E-state index contributed by atoms with van der Waals surface area (Å²) in [5.41, 5.74) is 7.35. The number of carbonyl (C=O) groups excluding carboxylic acids is 1.